The van der Waals surface area contributed by atoms with E-state index in [1.54, 1.807) is 0 Å². The minimum atomic E-state index is -0.954. The summed E-state index contributed by atoms with van der Waals surface area (Å²) in [4.78, 5) is -0.418. The van der Waals surface area contributed by atoms with Crippen molar-refractivity contribution in [2.45, 2.75) is 0 Å². The third kappa shape index (κ3) is 1.47. The lowest BCUT2D eigenvalue weighted by molar-refractivity contribution is -0.476. The number of halogens is 2. The lowest BCUT2D eigenvalue weighted by Gasteiger charge is -1.97. The number of hydrogen-bond donors (Lipinski definition) is 1. The van der Waals surface area contributed by atoms with Crippen molar-refractivity contribution >= 4 is 5.69 Å². The zero-order chi connectivity index (χ0) is 9.14. The first-order valence-corrected chi connectivity index (χ1v) is 2.92. The molecule has 0 heterocycles. The maximum atomic E-state index is 12.6. The summed E-state index contributed by atoms with van der Waals surface area (Å²) in [5.41, 5.74) is -0.669. The Hall–Kier alpha value is -1.72. The summed E-state index contributed by atoms with van der Waals surface area (Å²) in [5.74, 6) is -1.74. The number of rotatable bonds is 1. The van der Waals surface area contributed by atoms with Gasteiger partial charge in [-0.05, 0) is 17.0 Å². The molecular formula is C6H4F2N2O2. The lowest BCUT2D eigenvalue weighted by atomic mass is 10.3. The first-order chi connectivity index (χ1) is 5.65. The monoisotopic (exact) mass is 174 g/mol. The van der Waals surface area contributed by atoms with Gasteiger partial charge in [-0.2, -0.15) is 4.39 Å². The molecule has 1 rings (SSSR count). The van der Waals surface area contributed by atoms with Gasteiger partial charge in [0.05, 0.1) is 6.07 Å². The standard InChI is InChI=1S/C6H4F2N2O2/c7-4-1-2-5(8)6(3-4)10(12)9-11/h1-3,11H/b10-9-. The molecule has 0 saturated carbocycles. The van der Waals surface area contributed by atoms with Gasteiger partial charge >= 0.3 is 0 Å². The highest BCUT2D eigenvalue weighted by Crippen LogP contribution is 2.17. The van der Waals surface area contributed by atoms with Crippen LogP contribution < -0.4 is 0 Å². The molecule has 1 N–H and O–H groups in total. The fraction of sp³-hybridized carbons (Fsp3) is 0. The van der Waals surface area contributed by atoms with Crippen molar-refractivity contribution in [3.63, 3.8) is 0 Å². The van der Waals surface area contributed by atoms with E-state index in [0.29, 0.717) is 6.07 Å². The quantitative estimate of drug-likeness (QED) is 0.401. The van der Waals surface area contributed by atoms with E-state index in [0.717, 1.165) is 12.1 Å². The number of hydrogen-bond acceptors (Lipinski definition) is 2. The fourth-order valence-electron chi connectivity index (χ4n) is 0.681. The van der Waals surface area contributed by atoms with Crippen molar-refractivity contribution in [2.24, 2.45) is 5.28 Å². The molecule has 64 valence electrons. The molecule has 6 heteroatoms. The molecule has 0 aromatic heterocycles. The molecule has 0 aliphatic carbocycles. The molecule has 0 unspecified atom stereocenters. The van der Waals surface area contributed by atoms with E-state index in [1.165, 1.54) is 0 Å². The topological polar surface area (TPSA) is 58.7 Å². The van der Waals surface area contributed by atoms with Gasteiger partial charge in [0.2, 0.25) is 5.28 Å². The van der Waals surface area contributed by atoms with Gasteiger partial charge in [0.15, 0.2) is 5.82 Å². The molecule has 0 aliphatic heterocycles. The smallest absolute Gasteiger partial charge is 0.286 e. The zero-order valence-corrected chi connectivity index (χ0v) is 5.74. The normalized spacial score (nSPS) is 11.7. The van der Waals surface area contributed by atoms with Crippen molar-refractivity contribution in [3.05, 3.63) is 35.0 Å². The maximum absolute atomic E-state index is 12.6. The second-order valence-electron chi connectivity index (χ2n) is 1.96. The highest BCUT2D eigenvalue weighted by molar-refractivity contribution is 5.31. The first kappa shape index (κ1) is 8.38. The Labute approximate surface area is 65.9 Å². The summed E-state index contributed by atoms with van der Waals surface area (Å²) >= 11 is 0. The van der Waals surface area contributed by atoms with Crippen LogP contribution in [0.1, 0.15) is 0 Å². The first-order valence-electron chi connectivity index (χ1n) is 2.92. The van der Waals surface area contributed by atoms with Crippen LogP contribution in [-0.2, 0) is 0 Å². The van der Waals surface area contributed by atoms with Gasteiger partial charge in [-0.1, -0.05) is 0 Å². The molecule has 0 saturated heterocycles. The predicted octanol–water partition coefficient (Wildman–Crippen LogP) is 1.95. The van der Waals surface area contributed by atoms with Crippen LogP contribution in [0.3, 0.4) is 0 Å². The second kappa shape index (κ2) is 3.12. The summed E-state index contributed by atoms with van der Waals surface area (Å²) in [5, 5.41) is 20.6. The summed E-state index contributed by atoms with van der Waals surface area (Å²) in [7, 11) is 0. The Morgan fingerprint density at radius 3 is 2.67 bits per heavy atom. The van der Waals surface area contributed by atoms with Crippen molar-refractivity contribution in [1.82, 2.24) is 0 Å². The van der Waals surface area contributed by atoms with Crippen LogP contribution in [-0.4, -0.2) is 10.1 Å². The van der Waals surface area contributed by atoms with E-state index >= 15 is 0 Å². The lowest BCUT2D eigenvalue weighted by Crippen LogP contribution is -1.94. The molecule has 4 nitrogen and oxygen atoms in total. The minimum Gasteiger partial charge on any atom is -0.592 e. The van der Waals surface area contributed by atoms with Crippen LogP contribution in [0, 0.1) is 16.8 Å². The van der Waals surface area contributed by atoms with Gasteiger partial charge in [0, 0.05) is 0 Å². The van der Waals surface area contributed by atoms with Crippen LogP contribution in [0.4, 0.5) is 14.5 Å². The Bertz CT molecular complexity index is 327. The Balaban J connectivity index is 3.23. The van der Waals surface area contributed by atoms with Crippen LogP contribution in [0.5, 0.6) is 0 Å². The predicted molar refractivity (Wildman–Crippen MR) is 33.9 cm³/mol. The molecule has 0 aliphatic rings. The second-order valence-corrected chi connectivity index (χ2v) is 1.96. The van der Waals surface area contributed by atoms with E-state index in [2.05, 4.69) is 5.28 Å². The van der Waals surface area contributed by atoms with Gasteiger partial charge in [-0.3, -0.25) is 0 Å². The molecule has 0 spiro atoms. The molecule has 0 amide bonds. The summed E-state index contributed by atoms with van der Waals surface area (Å²) in [6.45, 7) is 0. The van der Waals surface area contributed by atoms with Crippen molar-refractivity contribution < 1.29 is 18.8 Å². The number of benzene rings is 1. The van der Waals surface area contributed by atoms with Gasteiger partial charge in [-0.15, -0.1) is 0 Å². The van der Waals surface area contributed by atoms with Gasteiger partial charge in [0.25, 0.3) is 5.69 Å². The maximum Gasteiger partial charge on any atom is 0.286 e. The highest BCUT2D eigenvalue weighted by Gasteiger charge is 2.12. The molecule has 1 aromatic carbocycles. The molecule has 0 bridgehead atoms. The van der Waals surface area contributed by atoms with Gasteiger partial charge < -0.3 is 10.4 Å². The van der Waals surface area contributed by atoms with Crippen molar-refractivity contribution in [3.8, 4) is 0 Å². The molecule has 1 aromatic rings. The van der Waals surface area contributed by atoms with E-state index in [1.807, 2.05) is 0 Å². The fourth-order valence-corrected chi connectivity index (χ4v) is 0.681. The van der Waals surface area contributed by atoms with Crippen LogP contribution in [0.2, 0.25) is 0 Å². The third-order valence-corrected chi connectivity index (χ3v) is 1.20. The summed E-state index contributed by atoms with van der Waals surface area (Å²) < 4.78 is 25.0. The zero-order valence-electron chi connectivity index (χ0n) is 5.74. The van der Waals surface area contributed by atoms with Crippen LogP contribution in [0.15, 0.2) is 23.5 Å². The molecular weight excluding hydrogens is 170 g/mol. The number of nitrogens with zero attached hydrogens (tertiary/aromatic N) is 2. The Kier molecular flexibility index (Phi) is 2.18. The molecule has 0 atom stereocenters. The molecule has 12 heavy (non-hydrogen) atoms. The minimum absolute atomic E-state index is 0.418. The largest absolute Gasteiger partial charge is 0.592 e. The average molecular weight is 174 g/mol. The van der Waals surface area contributed by atoms with E-state index < -0.39 is 22.2 Å². The van der Waals surface area contributed by atoms with E-state index in [4.69, 9.17) is 5.21 Å². The third-order valence-electron chi connectivity index (χ3n) is 1.20. The summed E-state index contributed by atoms with van der Waals surface area (Å²) in [6.07, 6.45) is 0. The summed E-state index contributed by atoms with van der Waals surface area (Å²) in [6, 6.07) is 2.24. The average Bonchev–Trinajstić information content (AvgIpc) is 2.08. The van der Waals surface area contributed by atoms with E-state index in [-0.39, 0.29) is 0 Å². The van der Waals surface area contributed by atoms with E-state index in [9.17, 15) is 14.0 Å². The Morgan fingerprint density at radius 1 is 1.42 bits per heavy atom. The van der Waals surface area contributed by atoms with Crippen molar-refractivity contribution in [1.29, 1.82) is 0 Å². The molecule has 0 radical (unpaired) electrons. The SMILES string of the molecule is [O-]/[N+](=N\O)c1cc(F)ccc1F. The highest BCUT2D eigenvalue weighted by atomic mass is 19.1. The van der Waals surface area contributed by atoms with Gasteiger partial charge in [0.1, 0.15) is 5.82 Å². The van der Waals surface area contributed by atoms with Crippen molar-refractivity contribution in [2.75, 3.05) is 0 Å². The van der Waals surface area contributed by atoms with Gasteiger partial charge in [-0.25, -0.2) is 4.39 Å². The molecule has 0 fully saturated rings. The van der Waals surface area contributed by atoms with Crippen LogP contribution >= 0.6 is 0 Å². The van der Waals surface area contributed by atoms with Crippen LogP contribution in [0.25, 0.3) is 0 Å². The Morgan fingerprint density at radius 2 is 2.08 bits per heavy atom.